The zero-order valence-corrected chi connectivity index (χ0v) is 37.0. The molecular formula is C64H42N4. The maximum atomic E-state index is 5.23. The first-order valence-electron chi connectivity index (χ1n) is 23.1. The summed E-state index contributed by atoms with van der Waals surface area (Å²) in [6.07, 6.45) is 0. The van der Waals surface area contributed by atoms with Gasteiger partial charge in [-0.3, -0.25) is 0 Å². The highest BCUT2D eigenvalue weighted by molar-refractivity contribution is 6.12. The first-order chi connectivity index (χ1) is 33.7. The number of rotatable bonds is 8. The van der Waals surface area contributed by atoms with Crippen molar-refractivity contribution in [3.63, 3.8) is 0 Å². The summed E-state index contributed by atoms with van der Waals surface area (Å²) in [5.41, 5.74) is 18.8. The van der Waals surface area contributed by atoms with Gasteiger partial charge in [-0.15, -0.1) is 0 Å². The quantitative estimate of drug-likeness (QED) is 0.153. The van der Waals surface area contributed by atoms with Gasteiger partial charge >= 0.3 is 0 Å². The molecule has 3 heterocycles. The summed E-state index contributed by atoms with van der Waals surface area (Å²) in [4.78, 5) is 10.4. The predicted molar refractivity (Wildman–Crippen MR) is 283 cm³/mol. The van der Waals surface area contributed by atoms with Crippen LogP contribution in [0.15, 0.2) is 255 Å². The summed E-state index contributed by atoms with van der Waals surface area (Å²) >= 11 is 0. The smallest absolute Gasteiger partial charge is 0.160 e. The molecule has 0 aliphatic heterocycles. The molecule has 68 heavy (non-hydrogen) atoms. The minimum atomic E-state index is 0.688. The van der Waals surface area contributed by atoms with Crippen molar-refractivity contribution in [2.75, 3.05) is 0 Å². The summed E-state index contributed by atoms with van der Waals surface area (Å²) in [5, 5.41) is 4.93. The molecular weight excluding hydrogens is 825 g/mol. The van der Waals surface area contributed by atoms with Crippen LogP contribution in [0, 0.1) is 0 Å². The second-order valence-corrected chi connectivity index (χ2v) is 17.4. The monoisotopic (exact) mass is 866 g/mol. The van der Waals surface area contributed by atoms with Crippen LogP contribution in [0.3, 0.4) is 0 Å². The first kappa shape index (κ1) is 39.3. The van der Waals surface area contributed by atoms with Crippen LogP contribution in [-0.4, -0.2) is 19.1 Å². The highest BCUT2D eigenvalue weighted by Gasteiger charge is 2.17. The molecule has 10 aromatic carbocycles. The lowest BCUT2D eigenvalue weighted by Gasteiger charge is -2.12. The van der Waals surface area contributed by atoms with E-state index in [0.717, 1.165) is 50.5 Å². The van der Waals surface area contributed by atoms with Gasteiger partial charge < -0.3 is 9.13 Å². The van der Waals surface area contributed by atoms with Crippen molar-refractivity contribution in [3.05, 3.63) is 255 Å². The van der Waals surface area contributed by atoms with Crippen LogP contribution >= 0.6 is 0 Å². The molecule has 13 aromatic rings. The minimum absolute atomic E-state index is 0.688. The Kier molecular flexibility index (Phi) is 9.47. The van der Waals surface area contributed by atoms with E-state index in [1.54, 1.807) is 0 Å². The largest absolute Gasteiger partial charge is 0.309 e. The van der Waals surface area contributed by atoms with E-state index in [1.165, 1.54) is 65.9 Å². The average molecular weight is 867 g/mol. The van der Waals surface area contributed by atoms with Crippen LogP contribution in [0.4, 0.5) is 0 Å². The second-order valence-electron chi connectivity index (χ2n) is 17.4. The molecule has 4 nitrogen and oxygen atoms in total. The highest BCUT2D eigenvalue weighted by Crippen LogP contribution is 2.39. The first-order valence-corrected chi connectivity index (χ1v) is 23.1. The van der Waals surface area contributed by atoms with Gasteiger partial charge in [0.2, 0.25) is 0 Å². The molecule has 0 saturated carbocycles. The fourth-order valence-electron chi connectivity index (χ4n) is 10.00. The maximum Gasteiger partial charge on any atom is 0.160 e. The molecule has 0 N–H and O–H groups in total. The Hall–Kier alpha value is -9.12. The van der Waals surface area contributed by atoms with Gasteiger partial charge in [0, 0.05) is 49.6 Å². The van der Waals surface area contributed by atoms with Crippen LogP contribution < -0.4 is 0 Å². The Bertz CT molecular complexity index is 3860. The van der Waals surface area contributed by atoms with E-state index in [-0.39, 0.29) is 0 Å². The number of benzene rings is 10. The van der Waals surface area contributed by atoms with Gasteiger partial charge in [0.25, 0.3) is 0 Å². The van der Waals surface area contributed by atoms with Crippen molar-refractivity contribution in [2.24, 2.45) is 0 Å². The fourth-order valence-corrected chi connectivity index (χ4v) is 10.00. The molecule has 4 heteroatoms. The van der Waals surface area contributed by atoms with E-state index in [9.17, 15) is 0 Å². The molecule has 0 aliphatic carbocycles. The lowest BCUT2D eigenvalue weighted by molar-refractivity contribution is 1.17. The maximum absolute atomic E-state index is 5.23. The molecule has 0 spiro atoms. The summed E-state index contributed by atoms with van der Waals surface area (Å²) in [5.74, 6) is 0.688. The predicted octanol–water partition coefficient (Wildman–Crippen LogP) is 16.7. The van der Waals surface area contributed by atoms with Gasteiger partial charge in [-0.1, -0.05) is 188 Å². The number of nitrogens with zero attached hydrogens (tertiary/aromatic N) is 4. The molecule has 3 aromatic heterocycles. The zero-order chi connectivity index (χ0) is 45.0. The molecule has 0 atom stereocenters. The van der Waals surface area contributed by atoms with E-state index < -0.39 is 0 Å². The molecule has 0 bridgehead atoms. The average Bonchev–Trinajstić information content (AvgIpc) is 3.94. The Morgan fingerprint density at radius 1 is 0.221 bits per heavy atom. The number of hydrogen-bond donors (Lipinski definition) is 0. The molecule has 0 radical (unpaired) electrons. The van der Waals surface area contributed by atoms with Crippen LogP contribution in [-0.2, 0) is 0 Å². The summed E-state index contributed by atoms with van der Waals surface area (Å²) < 4.78 is 4.75. The minimum Gasteiger partial charge on any atom is -0.309 e. The van der Waals surface area contributed by atoms with Gasteiger partial charge in [0.1, 0.15) is 0 Å². The van der Waals surface area contributed by atoms with Gasteiger partial charge in [-0.2, -0.15) is 0 Å². The molecule has 0 amide bonds. The zero-order valence-electron chi connectivity index (χ0n) is 37.0. The van der Waals surface area contributed by atoms with Crippen LogP contribution in [0.1, 0.15) is 0 Å². The SMILES string of the molecule is c1ccc(-c2ccc(-c3cc(-c4ccc(-n5c6ccccc6c6cc(-c7ccc8c(c7)c7ccccc7n8-c7ccccc7)ccc65)cc4)nc(-c4ccc(-c5ccccc5)cc4)n3)cc2)cc1. The van der Waals surface area contributed by atoms with Crippen molar-refractivity contribution in [1.29, 1.82) is 0 Å². The number of para-hydroxylation sites is 3. The molecule has 13 rings (SSSR count). The van der Waals surface area contributed by atoms with Gasteiger partial charge in [-0.25, -0.2) is 9.97 Å². The summed E-state index contributed by atoms with van der Waals surface area (Å²) in [7, 11) is 0. The summed E-state index contributed by atoms with van der Waals surface area (Å²) in [6.45, 7) is 0. The fraction of sp³-hybridized carbons (Fsp3) is 0. The second kappa shape index (κ2) is 16.4. The molecule has 0 saturated heterocycles. The van der Waals surface area contributed by atoms with E-state index in [0.29, 0.717) is 5.82 Å². The number of aromatic nitrogens is 4. The van der Waals surface area contributed by atoms with Crippen molar-refractivity contribution in [1.82, 2.24) is 19.1 Å². The lowest BCUT2D eigenvalue weighted by Crippen LogP contribution is -1.97. The highest BCUT2D eigenvalue weighted by atomic mass is 15.0. The van der Waals surface area contributed by atoms with Crippen molar-refractivity contribution in [3.8, 4) is 78.7 Å². The number of hydrogen-bond acceptors (Lipinski definition) is 2. The third-order valence-electron chi connectivity index (χ3n) is 13.4. The lowest BCUT2D eigenvalue weighted by atomic mass is 10.0. The van der Waals surface area contributed by atoms with E-state index >= 15 is 0 Å². The Labute approximate surface area is 394 Å². The third kappa shape index (κ3) is 6.86. The van der Waals surface area contributed by atoms with Gasteiger partial charge in [0.15, 0.2) is 5.82 Å². The van der Waals surface area contributed by atoms with Crippen molar-refractivity contribution < 1.29 is 0 Å². The Morgan fingerprint density at radius 3 is 1.04 bits per heavy atom. The van der Waals surface area contributed by atoms with Crippen molar-refractivity contribution >= 4 is 43.6 Å². The van der Waals surface area contributed by atoms with E-state index in [4.69, 9.17) is 9.97 Å². The van der Waals surface area contributed by atoms with Gasteiger partial charge in [-0.05, 0) is 100 Å². The Morgan fingerprint density at radius 2 is 0.559 bits per heavy atom. The van der Waals surface area contributed by atoms with Gasteiger partial charge in [0.05, 0.1) is 33.5 Å². The van der Waals surface area contributed by atoms with Crippen LogP contribution in [0.2, 0.25) is 0 Å². The van der Waals surface area contributed by atoms with E-state index in [1.807, 2.05) is 12.1 Å². The summed E-state index contributed by atoms with van der Waals surface area (Å²) in [6, 6.07) is 91.1. The number of fused-ring (bicyclic) bond motifs is 6. The normalized spacial score (nSPS) is 11.5. The molecule has 318 valence electrons. The molecule has 0 fully saturated rings. The van der Waals surface area contributed by atoms with Crippen LogP contribution in [0.5, 0.6) is 0 Å². The van der Waals surface area contributed by atoms with E-state index in [2.05, 4.69) is 252 Å². The standard InChI is InChI=1S/C64H42N4/c1-4-14-43(15-5-1)45-24-28-47(29-25-45)58-42-59(66-64(65-58)49-30-26-46(27-31-49)44-16-6-2-7-17-44)48-32-36-53(37-33-48)68-61-23-13-11-21-55(61)57-41-51(35-39-63(57)68)50-34-38-62-56(40-50)54-20-10-12-22-60(54)67(62)52-18-8-3-9-19-52/h1-42H. The molecule has 0 unspecified atom stereocenters. The molecule has 0 aliphatic rings. The topological polar surface area (TPSA) is 35.6 Å². The third-order valence-corrected chi connectivity index (χ3v) is 13.4. The van der Waals surface area contributed by atoms with Crippen LogP contribution in [0.25, 0.3) is 122 Å². The Balaban J connectivity index is 0.881. The van der Waals surface area contributed by atoms with Crippen molar-refractivity contribution in [2.45, 2.75) is 0 Å².